The molecule has 0 spiro atoms. The van der Waals surface area contributed by atoms with Crippen LogP contribution in [-0.4, -0.2) is 19.2 Å². The molecule has 0 saturated heterocycles. The van der Waals surface area contributed by atoms with E-state index in [1.807, 2.05) is 12.3 Å². The van der Waals surface area contributed by atoms with Gasteiger partial charge in [-0.25, -0.2) is 0 Å². The topological polar surface area (TPSA) is 31.4 Å². The summed E-state index contributed by atoms with van der Waals surface area (Å²) in [5.74, 6) is 0. The first-order valence-electron chi connectivity index (χ1n) is 5.24. The lowest BCUT2D eigenvalue weighted by molar-refractivity contribution is -0.108. The predicted octanol–water partition coefficient (Wildman–Crippen LogP) is 2.63. The maximum Gasteiger partial charge on any atom is 0.200 e. The quantitative estimate of drug-likeness (QED) is 0.698. The Balaban J connectivity index is 2.89. The molecule has 0 saturated carbocycles. The molecule has 0 unspecified atom stereocenters. The third-order valence-electron chi connectivity index (χ3n) is 2.43. The van der Waals surface area contributed by atoms with Crippen LogP contribution in [0.2, 0.25) is 0 Å². The van der Waals surface area contributed by atoms with E-state index >= 15 is 0 Å². The van der Waals surface area contributed by atoms with Gasteiger partial charge >= 0.3 is 0 Å². The average Bonchev–Trinajstić information content (AvgIpc) is 2.24. The molecular weight excluding hydrogens is 190 g/mol. The second kappa shape index (κ2) is 5.83. The highest BCUT2D eigenvalue weighted by atomic mass is 16.7. The molecule has 1 aromatic heterocycles. The second-order valence-electron chi connectivity index (χ2n) is 3.59. The lowest BCUT2D eigenvalue weighted by Crippen LogP contribution is -2.07. The number of pyridine rings is 1. The predicted molar refractivity (Wildman–Crippen MR) is 59.7 cm³/mol. The van der Waals surface area contributed by atoms with E-state index < -0.39 is 0 Å². The van der Waals surface area contributed by atoms with Gasteiger partial charge in [0, 0.05) is 20.4 Å². The number of hydrogen-bond donors (Lipinski definition) is 0. The molecule has 0 aliphatic rings. The molecule has 3 nitrogen and oxygen atoms in total. The second-order valence-corrected chi connectivity index (χ2v) is 3.59. The van der Waals surface area contributed by atoms with Gasteiger partial charge in [0.1, 0.15) is 0 Å². The maximum absolute atomic E-state index is 5.16. The van der Waals surface area contributed by atoms with Gasteiger partial charge in [-0.15, -0.1) is 0 Å². The van der Waals surface area contributed by atoms with Gasteiger partial charge in [-0.3, -0.25) is 4.98 Å². The lowest BCUT2D eigenvalue weighted by atomic mass is 10.1. The number of methoxy groups -OCH3 is 2. The fourth-order valence-corrected chi connectivity index (χ4v) is 1.60. The van der Waals surface area contributed by atoms with Gasteiger partial charge in [-0.2, -0.15) is 0 Å². The molecule has 0 aliphatic heterocycles. The van der Waals surface area contributed by atoms with E-state index in [1.54, 1.807) is 14.2 Å². The van der Waals surface area contributed by atoms with Crippen LogP contribution in [0.1, 0.15) is 36.5 Å². The Labute approximate surface area is 91.4 Å². The lowest BCUT2D eigenvalue weighted by Gasteiger charge is -2.14. The highest BCUT2D eigenvalue weighted by Crippen LogP contribution is 2.18. The van der Waals surface area contributed by atoms with Gasteiger partial charge in [0.05, 0.1) is 5.69 Å². The van der Waals surface area contributed by atoms with E-state index in [2.05, 4.69) is 18.8 Å². The molecule has 0 bridgehead atoms. The van der Waals surface area contributed by atoms with Crippen molar-refractivity contribution >= 4 is 0 Å². The summed E-state index contributed by atoms with van der Waals surface area (Å²) >= 11 is 0. The van der Waals surface area contributed by atoms with Crippen LogP contribution >= 0.6 is 0 Å². The molecule has 0 fully saturated rings. The van der Waals surface area contributed by atoms with Crippen LogP contribution in [0.4, 0.5) is 0 Å². The van der Waals surface area contributed by atoms with Crippen LogP contribution in [0.25, 0.3) is 0 Å². The third-order valence-corrected chi connectivity index (χ3v) is 2.43. The van der Waals surface area contributed by atoms with Gasteiger partial charge in [0.15, 0.2) is 0 Å². The monoisotopic (exact) mass is 209 g/mol. The minimum Gasteiger partial charge on any atom is -0.350 e. The molecule has 3 heteroatoms. The maximum atomic E-state index is 5.16. The van der Waals surface area contributed by atoms with Crippen LogP contribution in [0, 0.1) is 6.92 Å². The molecule has 15 heavy (non-hydrogen) atoms. The van der Waals surface area contributed by atoms with Crippen LogP contribution in [0.5, 0.6) is 0 Å². The molecule has 0 aromatic carbocycles. The van der Waals surface area contributed by atoms with Gasteiger partial charge < -0.3 is 9.47 Å². The van der Waals surface area contributed by atoms with Gasteiger partial charge in [-0.05, 0) is 30.5 Å². The Morgan fingerprint density at radius 2 is 2.00 bits per heavy atom. The summed E-state index contributed by atoms with van der Waals surface area (Å²) in [5.41, 5.74) is 3.38. The van der Waals surface area contributed by atoms with Crippen LogP contribution in [0.3, 0.4) is 0 Å². The Hall–Kier alpha value is -0.930. The molecule has 0 N–H and O–H groups in total. The minimum absolute atomic E-state index is 0.362. The summed E-state index contributed by atoms with van der Waals surface area (Å²) in [6, 6.07) is 2.03. The number of ether oxygens (including phenoxy) is 2. The minimum atomic E-state index is -0.362. The summed E-state index contributed by atoms with van der Waals surface area (Å²) < 4.78 is 10.3. The standard InChI is InChI=1S/C12H19NO2/c1-5-6-10-8-13-11(7-9(10)2)12(14-3)15-4/h7-8,12H,5-6H2,1-4H3. The largest absolute Gasteiger partial charge is 0.350 e. The van der Waals surface area contributed by atoms with Crippen molar-refractivity contribution in [2.75, 3.05) is 14.2 Å². The van der Waals surface area contributed by atoms with Crippen LogP contribution < -0.4 is 0 Å². The van der Waals surface area contributed by atoms with Crippen molar-refractivity contribution in [3.63, 3.8) is 0 Å². The Bertz CT molecular complexity index is 308. The van der Waals surface area contributed by atoms with Gasteiger partial charge in [0.25, 0.3) is 0 Å². The highest BCUT2D eigenvalue weighted by Gasteiger charge is 2.11. The van der Waals surface area contributed by atoms with Gasteiger partial charge in [-0.1, -0.05) is 13.3 Å². The van der Waals surface area contributed by atoms with Crippen LogP contribution in [-0.2, 0) is 15.9 Å². The molecule has 0 amide bonds. The summed E-state index contributed by atoms with van der Waals surface area (Å²) in [4.78, 5) is 4.35. The highest BCUT2D eigenvalue weighted by molar-refractivity contribution is 5.25. The Kier molecular flexibility index (Phi) is 4.72. The van der Waals surface area contributed by atoms with Gasteiger partial charge in [0.2, 0.25) is 6.29 Å². The van der Waals surface area contributed by atoms with Crippen molar-refractivity contribution in [1.82, 2.24) is 4.98 Å². The van der Waals surface area contributed by atoms with Crippen molar-refractivity contribution in [3.8, 4) is 0 Å². The SMILES string of the molecule is CCCc1cnc(C(OC)OC)cc1C. The van der Waals surface area contributed by atoms with E-state index in [0.717, 1.165) is 18.5 Å². The van der Waals surface area contributed by atoms with E-state index in [0.29, 0.717) is 0 Å². The van der Waals surface area contributed by atoms with Crippen LogP contribution in [0.15, 0.2) is 12.3 Å². The summed E-state index contributed by atoms with van der Waals surface area (Å²) in [5, 5.41) is 0. The fourth-order valence-electron chi connectivity index (χ4n) is 1.60. The summed E-state index contributed by atoms with van der Waals surface area (Å²) in [6.07, 6.45) is 3.77. The van der Waals surface area contributed by atoms with Crippen molar-refractivity contribution < 1.29 is 9.47 Å². The molecule has 0 atom stereocenters. The van der Waals surface area contributed by atoms with Crippen molar-refractivity contribution in [2.45, 2.75) is 33.0 Å². The first kappa shape index (κ1) is 12.1. The molecule has 1 heterocycles. The molecular formula is C12H19NO2. The zero-order chi connectivity index (χ0) is 11.3. The van der Waals surface area contributed by atoms with E-state index in [4.69, 9.17) is 9.47 Å². The molecule has 1 aromatic rings. The van der Waals surface area contributed by atoms with E-state index in [1.165, 1.54) is 11.1 Å². The van der Waals surface area contributed by atoms with Crippen molar-refractivity contribution in [1.29, 1.82) is 0 Å². The first-order chi connectivity index (χ1) is 7.22. The number of aromatic nitrogens is 1. The number of nitrogens with zero attached hydrogens (tertiary/aromatic N) is 1. The van der Waals surface area contributed by atoms with E-state index in [9.17, 15) is 0 Å². The molecule has 84 valence electrons. The average molecular weight is 209 g/mol. The smallest absolute Gasteiger partial charge is 0.200 e. The van der Waals surface area contributed by atoms with Crippen molar-refractivity contribution in [3.05, 3.63) is 29.1 Å². The number of aryl methyl sites for hydroxylation is 2. The zero-order valence-corrected chi connectivity index (χ0v) is 9.91. The normalized spacial score (nSPS) is 11.0. The molecule has 1 rings (SSSR count). The fraction of sp³-hybridized carbons (Fsp3) is 0.583. The third kappa shape index (κ3) is 3.01. The number of rotatable bonds is 5. The first-order valence-corrected chi connectivity index (χ1v) is 5.24. The summed E-state index contributed by atoms with van der Waals surface area (Å²) in [6.45, 7) is 4.26. The number of hydrogen-bond acceptors (Lipinski definition) is 3. The molecule has 0 aliphatic carbocycles. The zero-order valence-electron chi connectivity index (χ0n) is 9.91. The van der Waals surface area contributed by atoms with E-state index in [-0.39, 0.29) is 6.29 Å². The Morgan fingerprint density at radius 3 is 2.47 bits per heavy atom. The summed E-state index contributed by atoms with van der Waals surface area (Å²) in [7, 11) is 3.23. The van der Waals surface area contributed by atoms with Crippen molar-refractivity contribution in [2.24, 2.45) is 0 Å². The molecule has 0 radical (unpaired) electrons. The Morgan fingerprint density at radius 1 is 1.33 bits per heavy atom.